The van der Waals surface area contributed by atoms with Crippen molar-refractivity contribution in [2.75, 3.05) is 7.05 Å². The van der Waals surface area contributed by atoms with Gasteiger partial charge in [-0.2, -0.15) is 0 Å². The predicted molar refractivity (Wildman–Crippen MR) is 75.8 cm³/mol. The van der Waals surface area contributed by atoms with Crippen LogP contribution in [0, 0.1) is 11.7 Å². The van der Waals surface area contributed by atoms with Gasteiger partial charge in [0, 0.05) is 25.1 Å². The molecule has 21 heavy (non-hydrogen) atoms. The van der Waals surface area contributed by atoms with Crippen LogP contribution < -0.4 is 5.32 Å². The number of amides is 2. The summed E-state index contributed by atoms with van der Waals surface area (Å²) in [4.78, 5) is 25.9. The summed E-state index contributed by atoms with van der Waals surface area (Å²) in [6, 6.07) is 6.13. The molecule has 1 aliphatic heterocycles. The van der Waals surface area contributed by atoms with Crippen molar-refractivity contribution in [3.05, 3.63) is 35.6 Å². The Morgan fingerprint density at radius 1 is 1.29 bits per heavy atom. The number of benzene rings is 1. The summed E-state index contributed by atoms with van der Waals surface area (Å²) in [5.41, 5.74) is 0.420. The van der Waals surface area contributed by atoms with Crippen LogP contribution in [0.15, 0.2) is 24.3 Å². The van der Waals surface area contributed by atoms with Crippen LogP contribution >= 0.6 is 0 Å². The van der Waals surface area contributed by atoms with Gasteiger partial charge in [0.2, 0.25) is 11.8 Å². The third kappa shape index (κ3) is 2.77. The van der Waals surface area contributed by atoms with E-state index in [0.717, 1.165) is 12.8 Å². The van der Waals surface area contributed by atoms with E-state index in [1.165, 1.54) is 11.0 Å². The molecule has 5 heteroatoms. The largest absolute Gasteiger partial charge is 0.353 e. The van der Waals surface area contributed by atoms with Crippen molar-refractivity contribution >= 4 is 11.8 Å². The average Bonchev–Trinajstić information content (AvgIpc) is 3.26. The second-order valence-electron chi connectivity index (χ2n) is 5.90. The first-order valence-corrected chi connectivity index (χ1v) is 7.38. The van der Waals surface area contributed by atoms with Gasteiger partial charge in [0.25, 0.3) is 0 Å². The van der Waals surface area contributed by atoms with Crippen LogP contribution in [0.2, 0.25) is 0 Å². The fourth-order valence-corrected chi connectivity index (χ4v) is 2.99. The summed E-state index contributed by atoms with van der Waals surface area (Å²) in [5.74, 6) is -0.859. The summed E-state index contributed by atoms with van der Waals surface area (Å²) in [6.45, 7) is 0. The Labute approximate surface area is 123 Å². The lowest BCUT2D eigenvalue weighted by molar-refractivity contribution is -0.141. The van der Waals surface area contributed by atoms with E-state index in [-0.39, 0.29) is 29.6 Å². The molecule has 1 N–H and O–H groups in total. The molecule has 1 saturated heterocycles. The molecule has 1 aromatic rings. The summed E-state index contributed by atoms with van der Waals surface area (Å²) in [5, 5.41) is 2.98. The van der Waals surface area contributed by atoms with E-state index in [1.807, 2.05) is 0 Å². The van der Waals surface area contributed by atoms with Gasteiger partial charge in [-0.05, 0) is 25.3 Å². The summed E-state index contributed by atoms with van der Waals surface area (Å²) < 4.78 is 14.1. The van der Waals surface area contributed by atoms with E-state index in [4.69, 9.17) is 0 Å². The fourth-order valence-electron chi connectivity index (χ4n) is 2.99. The van der Waals surface area contributed by atoms with Crippen LogP contribution in [0.4, 0.5) is 4.39 Å². The van der Waals surface area contributed by atoms with Crippen molar-refractivity contribution in [1.82, 2.24) is 10.2 Å². The number of nitrogens with one attached hydrogen (secondary N) is 1. The van der Waals surface area contributed by atoms with Gasteiger partial charge in [0.05, 0.1) is 12.0 Å². The highest BCUT2D eigenvalue weighted by atomic mass is 19.1. The van der Waals surface area contributed by atoms with Gasteiger partial charge in [0.15, 0.2) is 0 Å². The smallest absolute Gasteiger partial charge is 0.225 e. The first-order chi connectivity index (χ1) is 10.1. The van der Waals surface area contributed by atoms with Gasteiger partial charge in [0.1, 0.15) is 5.82 Å². The Hall–Kier alpha value is -1.91. The van der Waals surface area contributed by atoms with Crippen LogP contribution in [0.25, 0.3) is 0 Å². The lowest BCUT2D eigenvalue weighted by Crippen LogP contribution is -2.47. The van der Waals surface area contributed by atoms with Gasteiger partial charge in [-0.3, -0.25) is 9.59 Å². The van der Waals surface area contributed by atoms with E-state index in [1.54, 1.807) is 25.2 Å². The van der Waals surface area contributed by atoms with E-state index in [2.05, 4.69) is 5.32 Å². The average molecular weight is 290 g/mol. The molecule has 0 aromatic heterocycles. The molecule has 0 unspecified atom stereocenters. The Morgan fingerprint density at radius 2 is 2.00 bits per heavy atom. The maximum absolute atomic E-state index is 14.1. The minimum Gasteiger partial charge on any atom is -0.353 e. The molecule has 1 heterocycles. The van der Waals surface area contributed by atoms with Crippen molar-refractivity contribution in [2.24, 2.45) is 5.92 Å². The van der Waals surface area contributed by atoms with Crippen LogP contribution in [-0.2, 0) is 9.59 Å². The third-order valence-electron chi connectivity index (χ3n) is 4.35. The Balaban J connectivity index is 1.91. The molecule has 4 nitrogen and oxygen atoms in total. The van der Waals surface area contributed by atoms with E-state index < -0.39 is 6.04 Å². The topological polar surface area (TPSA) is 49.4 Å². The monoisotopic (exact) mass is 290 g/mol. The van der Waals surface area contributed by atoms with E-state index in [0.29, 0.717) is 18.4 Å². The van der Waals surface area contributed by atoms with Crippen molar-refractivity contribution in [3.63, 3.8) is 0 Å². The Bertz CT molecular complexity index is 571. The van der Waals surface area contributed by atoms with Crippen molar-refractivity contribution in [3.8, 4) is 0 Å². The fraction of sp³-hybridized carbons (Fsp3) is 0.500. The molecule has 1 aromatic carbocycles. The molecule has 0 radical (unpaired) electrons. The van der Waals surface area contributed by atoms with Crippen LogP contribution in [-0.4, -0.2) is 29.8 Å². The second-order valence-corrected chi connectivity index (χ2v) is 5.90. The summed E-state index contributed by atoms with van der Waals surface area (Å²) in [6.07, 6.45) is 2.83. The molecule has 1 saturated carbocycles. The number of likely N-dealkylation sites (tertiary alicyclic amines) is 1. The normalized spacial score (nSPS) is 25.8. The third-order valence-corrected chi connectivity index (χ3v) is 4.35. The van der Waals surface area contributed by atoms with Crippen molar-refractivity contribution < 1.29 is 14.0 Å². The van der Waals surface area contributed by atoms with Gasteiger partial charge in [-0.25, -0.2) is 4.39 Å². The highest BCUT2D eigenvalue weighted by Crippen LogP contribution is 2.37. The predicted octanol–water partition coefficient (Wildman–Crippen LogP) is 2.01. The lowest BCUT2D eigenvalue weighted by Gasteiger charge is -2.38. The number of rotatable bonds is 3. The first-order valence-electron chi connectivity index (χ1n) is 7.38. The number of carbonyl (C=O) groups is 2. The van der Waals surface area contributed by atoms with Gasteiger partial charge in [-0.15, -0.1) is 0 Å². The number of hydrogen-bond acceptors (Lipinski definition) is 2. The molecular formula is C16H19FN2O2. The SMILES string of the molecule is CN1C(=O)CC[C@H](C(=O)NC2CC2)[C@H]1c1ccccc1F. The number of carbonyl (C=O) groups excluding carboxylic acids is 2. The number of nitrogens with zero attached hydrogens (tertiary/aromatic N) is 1. The molecule has 2 atom stereocenters. The van der Waals surface area contributed by atoms with Crippen molar-refractivity contribution in [1.29, 1.82) is 0 Å². The van der Waals surface area contributed by atoms with Crippen LogP contribution in [0.1, 0.15) is 37.3 Å². The zero-order chi connectivity index (χ0) is 15.0. The Kier molecular flexibility index (Phi) is 3.66. The molecule has 112 valence electrons. The molecule has 1 aliphatic carbocycles. The molecule has 0 bridgehead atoms. The molecule has 2 fully saturated rings. The van der Waals surface area contributed by atoms with E-state index >= 15 is 0 Å². The zero-order valence-electron chi connectivity index (χ0n) is 12.0. The molecule has 2 aliphatic rings. The number of hydrogen-bond donors (Lipinski definition) is 1. The maximum Gasteiger partial charge on any atom is 0.225 e. The molecular weight excluding hydrogens is 271 g/mol. The summed E-state index contributed by atoms with van der Waals surface area (Å²) in [7, 11) is 1.65. The molecule has 2 amide bonds. The zero-order valence-corrected chi connectivity index (χ0v) is 12.0. The van der Waals surface area contributed by atoms with Gasteiger partial charge < -0.3 is 10.2 Å². The van der Waals surface area contributed by atoms with Gasteiger partial charge >= 0.3 is 0 Å². The molecule has 0 spiro atoms. The minimum absolute atomic E-state index is 0.0428. The van der Waals surface area contributed by atoms with Crippen LogP contribution in [0.5, 0.6) is 0 Å². The van der Waals surface area contributed by atoms with Crippen molar-refractivity contribution in [2.45, 2.75) is 37.8 Å². The Morgan fingerprint density at radius 3 is 2.67 bits per heavy atom. The lowest BCUT2D eigenvalue weighted by atomic mass is 9.83. The second kappa shape index (κ2) is 5.47. The highest BCUT2D eigenvalue weighted by Gasteiger charge is 2.41. The highest BCUT2D eigenvalue weighted by molar-refractivity contribution is 5.85. The maximum atomic E-state index is 14.1. The minimum atomic E-state index is -0.522. The van der Waals surface area contributed by atoms with Gasteiger partial charge in [-0.1, -0.05) is 18.2 Å². The van der Waals surface area contributed by atoms with Crippen LogP contribution in [0.3, 0.4) is 0 Å². The number of piperidine rings is 1. The quantitative estimate of drug-likeness (QED) is 0.926. The standard InChI is InChI=1S/C16H19FN2O2/c1-19-14(20)9-8-12(16(21)18-10-6-7-10)15(19)11-4-2-3-5-13(11)17/h2-5,10,12,15H,6-9H2,1H3,(H,18,21)/t12-,15+/m0/s1. The summed E-state index contributed by atoms with van der Waals surface area (Å²) >= 11 is 0. The van der Waals surface area contributed by atoms with E-state index in [9.17, 15) is 14.0 Å². The first kappa shape index (κ1) is 14.0. The molecule has 3 rings (SSSR count). The number of halogens is 1.